The van der Waals surface area contributed by atoms with E-state index in [1.165, 1.54) is 51.4 Å². The summed E-state index contributed by atoms with van der Waals surface area (Å²) < 4.78 is 12.8. The van der Waals surface area contributed by atoms with Gasteiger partial charge in [0.15, 0.2) is 5.79 Å². The van der Waals surface area contributed by atoms with Crippen LogP contribution in [0.5, 0.6) is 0 Å². The normalized spacial score (nSPS) is 35.4. The lowest BCUT2D eigenvalue weighted by molar-refractivity contribution is -0.311. The van der Waals surface area contributed by atoms with Crippen LogP contribution in [0.3, 0.4) is 0 Å². The molecule has 1 aliphatic heterocycles. The maximum atomic E-state index is 6.61. The second-order valence-electron chi connectivity index (χ2n) is 9.64. The van der Waals surface area contributed by atoms with E-state index in [9.17, 15) is 0 Å². The smallest absolute Gasteiger partial charge is 0.168 e. The molecule has 1 heterocycles. The molecule has 3 fully saturated rings. The zero-order valence-electron chi connectivity index (χ0n) is 17.2. The summed E-state index contributed by atoms with van der Waals surface area (Å²) in [5.74, 6) is 0.553. The molecule has 3 heteroatoms. The van der Waals surface area contributed by atoms with E-state index in [1.54, 1.807) is 0 Å². The summed E-state index contributed by atoms with van der Waals surface area (Å²) in [6.45, 7) is 9.15. The van der Waals surface area contributed by atoms with Crippen molar-refractivity contribution in [3.05, 3.63) is 0 Å². The first-order valence-electron chi connectivity index (χ1n) is 11.0. The molecule has 3 nitrogen and oxygen atoms in total. The number of hydrogen-bond donors (Lipinski definition) is 0. The molecule has 1 atom stereocenters. The molecule has 1 unspecified atom stereocenters. The highest BCUT2D eigenvalue weighted by atomic mass is 16.7. The molecule has 3 rings (SSSR count). The van der Waals surface area contributed by atoms with E-state index in [4.69, 9.17) is 9.47 Å². The Balaban J connectivity index is 1.51. The SMILES string of the molecule is CCC(C)(C)C1CCC2(CC1)OCCC(CN(C)C1CCCCC1)O2. The van der Waals surface area contributed by atoms with Gasteiger partial charge in [-0.1, -0.05) is 46.5 Å². The monoisotopic (exact) mass is 351 g/mol. The van der Waals surface area contributed by atoms with Gasteiger partial charge in [-0.3, -0.25) is 0 Å². The predicted molar refractivity (Wildman–Crippen MR) is 104 cm³/mol. The van der Waals surface area contributed by atoms with Crippen LogP contribution in [0.2, 0.25) is 0 Å². The fourth-order valence-electron chi connectivity index (χ4n) is 5.28. The first kappa shape index (κ1) is 19.6. The molecule has 25 heavy (non-hydrogen) atoms. The van der Waals surface area contributed by atoms with E-state index in [0.717, 1.165) is 44.4 Å². The van der Waals surface area contributed by atoms with Crippen molar-refractivity contribution in [3.8, 4) is 0 Å². The molecule has 2 saturated carbocycles. The minimum absolute atomic E-state index is 0.267. The van der Waals surface area contributed by atoms with Gasteiger partial charge in [-0.05, 0) is 50.5 Å². The number of rotatable bonds is 5. The third-order valence-corrected chi connectivity index (χ3v) is 7.64. The Bertz CT molecular complexity index is 408. The summed E-state index contributed by atoms with van der Waals surface area (Å²) in [6.07, 6.45) is 14.4. The highest BCUT2D eigenvalue weighted by Crippen LogP contribution is 2.46. The van der Waals surface area contributed by atoms with Crippen molar-refractivity contribution in [2.75, 3.05) is 20.2 Å². The molecule has 0 radical (unpaired) electrons. The second kappa shape index (κ2) is 8.27. The Morgan fingerprint density at radius 1 is 1.00 bits per heavy atom. The van der Waals surface area contributed by atoms with Crippen molar-refractivity contribution in [1.29, 1.82) is 0 Å². The Morgan fingerprint density at radius 3 is 2.32 bits per heavy atom. The van der Waals surface area contributed by atoms with Gasteiger partial charge >= 0.3 is 0 Å². The van der Waals surface area contributed by atoms with Crippen LogP contribution < -0.4 is 0 Å². The van der Waals surface area contributed by atoms with E-state index in [1.807, 2.05) is 0 Å². The zero-order valence-corrected chi connectivity index (χ0v) is 17.2. The topological polar surface area (TPSA) is 21.7 Å². The van der Waals surface area contributed by atoms with Crippen molar-refractivity contribution >= 4 is 0 Å². The van der Waals surface area contributed by atoms with Crippen LogP contribution in [0.15, 0.2) is 0 Å². The second-order valence-corrected chi connectivity index (χ2v) is 9.64. The standard InChI is InChI=1S/C22H41NO2/c1-5-21(2,3)18-11-14-22(15-12-18)24-16-13-20(25-22)17-23(4)19-9-7-6-8-10-19/h18-20H,5-17H2,1-4H3. The van der Waals surface area contributed by atoms with E-state index in [2.05, 4.69) is 32.7 Å². The number of hydrogen-bond acceptors (Lipinski definition) is 3. The molecule has 0 bridgehead atoms. The van der Waals surface area contributed by atoms with Crippen LogP contribution >= 0.6 is 0 Å². The first-order chi connectivity index (χ1) is 11.9. The summed E-state index contributed by atoms with van der Waals surface area (Å²) in [7, 11) is 2.31. The lowest BCUT2D eigenvalue weighted by Gasteiger charge is -2.48. The van der Waals surface area contributed by atoms with Crippen LogP contribution in [-0.2, 0) is 9.47 Å². The van der Waals surface area contributed by atoms with Gasteiger partial charge in [0.25, 0.3) is 0 Å². The van der Waals surface area contributed by atoms with Gasteiger partial charge in [0.2, 0.25) is 0 Å². The predicted octanol–water partition coefficient (Wildman–Crippen LogP) is 5.38. The maximum absolute atomic E-state index is 6.61. The largest absolute Gasteiger partial charge is 0.350 e. The average Bonchev–Trinajstić information content (AvgIpc) is 2.63. The summed E-state index contributed by atoms with van der Waals surface area (Å²) in [4.78, 5) is 2.58. The van der Waals surface area contributed by atoms with Crippen molar-refractivity contribution in [2.45, 2.75) is 109 Å². The van der Waals surface area contributed by atoms with Crippen LogP contribution in [-0.4, -0.2) is 43.0 Å². The summed E-state index contributed by atoms with van der Waals surface area (Å²) in [5.41, 5.74) is 0.455. The Kier molecular flexibility index (Phi) is 6.50. The summed E-state index contributed by atoms with van der Waals surface area (Å²) >= 11 is 0. The third-order valence-electron chi connectivity index (χ3n) is 7.64. The van der Waals surface area contributed by atoms with Crippen molar-refractivity contribution in [2.24, 2.45) is 11.3 Å². The molecule has 1 spiro atoms. The molecule has 3 aliphatic rings. The Labute approximate surface area is 155 Å². The fourth-order valence-corrected chi connectivity index (χ4v) is 5.28. The van der Waals surface area contributed by atoms with Gasteiger partial charge in [-0.2, -0.15) is 0 Å². The zero-order chi connectivity index (χ0) is 17.9. The maximum Gasteiger partial charge on any atom is 0.168 e. The van der Waals surface area contributed by atoms with Gasteiger partial charge in [0.1, 0.15) is 0 Å². The van der Waals surface area contributed by atoms with Gasteiger partial charge in [0.05, 0.1) is 12.7 Å². The molecular weight excluding hydrogens is 310 g/mol. The van der Waals surface area contributed by atoms with Crippen molar-refractivity contribution < 1.29 is 9.47 Å². The van der Waals surface area contributed by atoms with Crippen LogP contribution in [0.4, 0.5) is 0 Å². The highest BCUT2D eigenvalue weighted by Gasteiger charge is 2.44. The van der Waals surface area contributed by atoms with Gasteiger partial charge in [-0.25, -0.2) is 0 Å². The minimum atomic E-state index is -0.267. The van der Waals surface area contributed by atoms with Crippen LogP contribution in [0, 0.1) is 11.3 Å². The number of likely N-dealkylation sites (N-methyl/N-ethyl adjacent to an activating group) is 1. The van der Waals surface area contributed by atoms with E-state index in [-0.39, 0.29) is 5.79 Å². The highest BCUT2D eigenvalue weighted by molar-refractivity contribution is 4.89. The number of ether oxygens (including phenoxy) is 2. The van der Waals surface area contributed by atoms with E-state index >= 15 is 0 Å². The van der Waals surface area contributed by atoms with E-state index < -0.39 is 0 Å². The van der Waals surface area contributed by atoms with E-state index in [0.29, 0.717) is 11.5 Å². The van der Waals surface area contributed by atoms with Crippen molar-refractivity contribution in [3.63, 3.8) is 0 Å². The van der Waals surface area contributed by atoms with Crippen LogP contribution in [0.25, 0.3) is 0 Å². The summed E-state index contributed by atoms with van der Waals surface area (Å²) in [6, 6.07) is 0.775. The molecule has 1 saturated heterocycles. The fraction of sp³-hybridized carbons (Fsp3) is 1.00. The van der Waals surface area contributed by atoms with Gasteiger partial charge < -0.3 is 14.4 Å². The molecular formula is C22H41NO2. The molecule has 0 aromatic carbocycles. The molecule has 0 aromatic heterocycles. The minimum Gasteiger partial charge on any atom is -0.350 e. The number of nitrogens with zero attached hydrogens (tertiary/aromatic N) is 1. The van der Waals surface area contributed by atoms with Gasteiger partial charge in [0, 0.05) is 25.4 Å². The molecule has 146 valence electrons. The molecule has 0 amide bonds. The van der Waals surface area contributed by atoms with Crippen LogP contribution in [0.1, 0.15) is 91.4 Å². The Hall–Kier alpha value is -0.120. The molecule has 0 N–H and O–H groups in total. The lowest BCUT2D eigenvalue weighted by Crippen LogP contribution is -2.51. The summed E-state index contributed by atoms with van der Waals surface area (Å²) in [5, 5.41) is 0. The molecule has 2 aliphatic carbocycles. The van der Waals surface area contributed by atoms with Gasteiger partial charge in [-0.15, -0.1) is 0 Å². The molecule has 0 aromatic rings. The quantitative estimate of drug-likeness (QED) is 0.664. The average molecular weight is 352 g/mol. The first-order valence-corrected chi connectivity index (χ1v) is 11.0. The Morgan fingerprint density at radius 2 is 1.68 bits per heavy atom. The lowest BCUT2D eigenvalue weighted by atomic mass is 9.68. The third kappa shape index (κ3) is 4.78. The van der Waals surface area contributed by atoms with Crippen molar-refractivity contribution in [1.82, 2.24) is 4.90 Å².